The van der Waals surface area contributed by atoms with Gasteiger partial charge in [-0.1, -0.05) is 13.8 Å². The summed E-state index contributed by atoms with van der Waals surface area (Å²) in [6.07, 6.45) is -108. The maximum absolute atomic E-state index is 13.5. The van der Waals surface area contributed by atoms with E-state index in [0.29, 0.717) is 0 Å². The molecule has 52 atom stereocenters. The van der Waals surface area contributed by atoms with Crippen LogP contribution in [0, 0.1) is 0 Å². The van der Waals surface area contributed by atoms with Crippen LogP contribution in [0.2, 0.25) is 0 Å². The Bertz CT molecular complexity index is 3830. The Morgan fingerprint density at radius 2 is 0.620 bits per heavy atom. The lowest BCUT2D eigenvalue weighted by Gasteiger charge is -2.51. The summed E-state index contributed by atoms with van der Waals surface area (Å²) in [5, 5.41) is 367. The van der Waals surface area contributed by atoms with Gasteiger partial charge in [0.1, 0.15) is 232 Å². The van der Waals surface area contributed by atoms with Crippen molar-refractivity contribution in [1.82, 2.24) is 21.3 Å². The highest BCUT2D eigenvalue weighted by Gasteiger charge is 2.66. The number of hydrogen-bond donors (Lipinski definition) is 36. The molecule has 0 saturated carbocycles. The van der Waals surface area contributed by atoms with E-state index < -0.39 is 432 Å². The van der Waals surface area contributed by atoms with Crippen molar-refractivity contribution < 1.29 is 282 Å². The van der Waals surface area contributed by atoms with Crippen LogP contribution in [-0.2, 0) is 119 Å². The largest absolute Gasteiger partial charge is 0.477 e. The fourth-order valence-corrected chi connectivity index (χ4v) is 17.4. The molecule has 10 rings (SSSR count). The summed E-state index contributed by atoms with van der Waals surface area (Å²) in [5.41, 5.74) is 0. The van der Waals surface area contributed by atoms with Crippen LogP contribution in [0.5, 0.6) is 0 Å². The first-order valence-electron chi connectivity index (χ1n) is 43.5. The molecule has 137 heavy (non-hydrogen) atoms. The number of amides is 4. The van der Waals surface area contributed by atoms with Gasteiger partial charge in [0.05, 0.1) is 90.4 Å². The zero-order valence-corrected chi connectivity index (χ0v) is 73.3. The van der Waals surface area contributed by atoms with Crippen molar-refractivity contribution in [3.05, 3.63) is 0 Å². The lowest BCUT2D eigenvalue weighted by Crippen LogP contribution is -2.71. The summed E-state index contributed by atoms with van der Waals surface area (Å²) in [7, 11) is 0. The lowest BCUT2D eigenvalue weighted by molar-refractivity contribution is -0.394. The van der Waals surface area contributed by atoms with E-state index in [9.17, 15) is 192 Å². The van der Waals surface area contributed by atoms with Crippen molar-refractivity contribution in [2.24, 2.45) is 0 Å². The molecular formula is C76H126N4O57. The molecular weight excluding hydrogens is 1880 g/mol. The number of nitrogens with one attached hydrogen (secondary N) is 4. The quantitative estimate of drug-likeness (QED) is 0.0271. The molecule has 0 radical (unpaired) electrons. The molecule has 0 aromatic heterocycles. The fourth-order valence-electron chi connectivity index (χ4n) is 17.4. The molecule has 0 aliphatic carbocycles. The first kappa shape index (κ1) is 114. The molecule has 10 heterocycles. The number of aliphatic hydroxyl groups excluding tert-OH is 30. The van der Waals surface area contributed by atoms with Crippen LogP contribution in [0.4, 0.5) is 0 Å². The molecule has 10 aliphatic rings. The van der Waals surface area contributed by atoms with Crippen LogP contribution >= 0.6 is 0 Å². The highest BCUT2D eigenvalue weighted by molar-refractivity contribution is 5.78. The molecule has 10 aliphatic heterocycles. The summed E-state index contributed by atoms with van der Waals surface area (Å²) >= 11 is 0. The number of carbonyl (C=O) groups excluding carboxylic acids is 4. The van der Waals surface area contributed by atoms with Crippen molar-refractivity contribution in [2.45, 2.75) is 371 Å². The van der Waals surface area contributed by atoms with Crippen LogP contribution in [-0.4, -0.2) is 583 Å². The molecule has 0 spiro atoms. The monoisotopic (exact) mass is 2010 g/mol. The van der Waals surface area contributed by atoms with E-state index in [4.69, 9.17) is 90.0 Å². The number of rotatable bonds is 40. The Hall–Kier alpha value is -5.14. The molecule has 36 N–H and O–H groups in total. The van der Waals surface area contributed by atoms with E-state index in [1.807, 2.05) is 0 Å². The molecule has 0 bridgehead atoms. The molecule has 792 valence electrons. The van der Waals surface area contributed by atoms with Crippen molar-refractivity contribution in [1.29, 1.82) is 0 Å². The summed E-state index contributed by atoms with van der Waals surface area (Å²) in [6.45, 7) is -7.78. The Labute approximate surface area is 774 Å². The van der Waals surface area contributed by atoms with Gasteiger partial charge in [-0.25, -0.2) is 9.59 Å². The summed E-state index contributed by atoms with van der Waals surface area (Å²) in [5.74, 6) is -14.9. The highest BCUT2D eigenvalue weighted by Crippen LogP contribution is 2.44. The van der Waals surface area contributed by atoms with E-state index in [2.05, 4.69) is 21.3 Å². The van der Waals surface area contributed by atoms with Crippen LogP contribution in [0.3, 0.4) is 0 Å². The Balaban J connectivity index is 0.925. The average molecular weight is 2010 g/mol. The van der Waals surface area contributed by atoms with Crippen LogP contribution in [0.25, 0.3) is 0 Å². The molecule has 4 amide bonds. The van der Waals surface area contributed by atoms with Crippen LogP contribution < -0.4 is 21.3 Å². The number of hydrogen-bond acceptors (Lipinski definition) is 55. The molecule has 61 nitrogen and oxygen atoms in total. The number of carbonyl (C=O) groups is 6. The molecule has 61 heteroatoms. The second-order valence-electron chi connectivity index (χ2n) is 34.3. The van der Waals surface area contributed by atoms with Crippen molar-refractivity contribution in [3.63, 3.8) is 0 Å². The van der Waals surface area contributed by atoms with Gasteiger partial charge < -0.3 is 275 Å². The van der Waals surface area contributed by atoms with Crippen molar-refractivity contribution in [2.75, 3.05) is 66.1 Å². The Kier molecular flexibility index (Phi) is 40.8. The standard InChI is InChI=1S/C76H126N4O57/c1-5-33(95)79-35-21(91)7-75(73(115)116,134-59(35)39(97)23(93)9-81)136-63-44(102)28(14-86)124-71(54(63)112)130-57-31(17-119-68-50(108)48(106)41(99)25(11-83)122-68)128-67(38(47(57)105)78-20(4)90)133-62-43(101)27(13-85)123-70(53(62)111)129-56-30(16-88)126-69(51(109)49(56)107)120-18-32-58(46(104)37(77-19(3)89)66(127-32)132-61-42(100)26(12-84)121-65(114)52(61)110)131-72-55(113)64(45(103)29(15-87)125-72)137-76(74(117)118)8-22(92)36(80-34(96)6-2)60(135-76)40(98)24(94)10-82/h21-32,35-72,81-88,91-94,97-114H,5-18H2,1-4H3,(H,77,89)(H,78,90)(H,79,95)(H,80,96)(H,115,116)(H,117,118)/t21-,22-,23+,24+,25+,26+,27+,28+,29+,30+,31+,32+,35+,36+,37+,38+,39+,40+,41+,42-,43-,44-,45-,46+,47+,48-,49+,50+,51+,52+,53+,54+,55+,56+,57+,58+,59+,60+,61-,62-,63-,64-,65+,66-,67-,68+,69+,70-,71-,72-,75-,76-/m0/s1. The topological polar surface area (TPSA) is 973 Å². The zero-order chi connectivity index (χ0) is 101. The molecule has 0 aromatic rings. The predicted molar refractivity (Wildman–Crippen MR) is 420 cm³/mol. The Morgan fingerprint density at radius 1 is 0.321 bits per heavy atom. The number of carboxylic acids is 2. The minimum absolute atomic E-state index is 0.275. The third-order valence-corrected chi connectivity index (χ3v) is 25.0. The predicted octanol–water partition coefficient (Wildman–Crippen LogP) is -23.0. The van der Waals surface area contributed by atoms with Gasteiger partial charge in [0.2, 0.25) is 23.6 Å². The van der Waals surface area contributed by atoms with Gasteiger partial charge in [-0.15, -0.1) is 0 Å². The van der Waals surface area contributed by atoms with E-state index in [-0.39, 0.29) is 12.8 Å². The third kappa shape index (κ3) is 25.0. The van der Waals surface area contributed by atoms with Gasteiger partial charge in [-0.3, -0.25) is 19.2 Å². The van der Waals surface area contributed by atoms with E-state index in [1.54, 1.807) is 0 Å². The first-order chi connectivity index (χ1) is 64.6. The first-order valence-corrected chi connectivity index (χ1v) is 43.5. The number of aliphatic carboxylic acids is 2. The molecule has 0 aromatic carbocycles. The average Bonchev–Trinajstić information content (AvgIpc) is 0.750. The van der Waals surface area contributed by atoms with Crippen molar-refractivity contribution >= 4 is 35.6 Å². The van der Waals surface area contributed by atoms with Gasteiger partial charge in [-0.2, -0.15) is 0 Å². The molecule has 0 unspecified atom stereocenters. The number of ether oxygens (including phenoxy) is 19. The summed E-state index contributed by atoms with van der Waals surface area (Å²) in [4.78, 5) is 78.7. The van der Waals surface area contributed by atoms with Crippen LogP contribution in [0.15, 0.2) is 0 Å². The van der Waals surface area contributed by atoms with Crippen molar-refractivity contribution in [3.8, 4) is 0 Å². The zero-order valence-electron chi connectivity index (χ0n) is 73.3. The maximum Gasteiger partial charge on any atom is 0.364 e. The number of carboxylic acid groups (broad SMARTS) is 2. The third-order valence-electron chi connectivity index (χ3n) is 25.0. The van der Waals surface area contributed by atoms with Gasteiger partial charge >= 0.3 is 11.9 Å². The minimum atomic E-state index is -3.38. The van der Waals surface area contributed by atoms with E-state index >= 15 is 0 Å². The highest BCUT2D eigenvalue weighted by atomic mass is 16.8. The fraction of sp³-hybridized carbons (Fsp3) is 0.921. The van der Waals surface area contributed by atoms with Crippen LogP contribution in [0.1, 0.15) is 53.4 Å². The lowest BCUT2D eigenvalue weighted by atomic mass is 9.88. The minimum Gasteiger partial charge on any atom is -0.477 e. The second kappa shape index (κ2) is 49.2. The normalized spacial score (nSPS) is 46.5. The summed E-state index contributed by atoms with van der Waals surface area (Å²) in [6, 6.07) is -7.83. The van der Waals surface area contributed by atoms with E-state index in [0.717, 1.165) is 13.8 Å². The smallest absolute Gasteiger partial charge is 0.364 e. The second-order valence-corrected chi connectivity index (χ2v) is 34.3. The van der Waals surface area contributed by atoms with E-state index in [1.165, 1.54) is 13.8 Å². The molecule has 10 fully saturated rings. The maximum atomic E-state index is 13.5. The molecule has 10 saturated heterocycles. The van der Waals surface area contributed by atoms with Gasteiger partial charge in [0.25, 0.3) is 11.6 Å². The van der Waals surface area contributed by atoms with Gasteiger partial charge in [0.15, 0.2) is 50.3 Å². The summed E-state index contributed by atoms with van der Waals surface area (Å²) < 4.78 is 111. The number of aliphatic hydroxyl groups is 30. The Morgan fingerprint density at radius 3 is 0.964 bits per heavy atom. The van der Waals surface area contributed by atoms with Gasteiger partial charge in [0, 0.05) is 39.5 Å². The van der Waals surface area contributed by atoms with Gasteiger partial charge in [-0.05, 0) is 0 Å². The SMILES string of the molecule is CCC(=O)N[C@H]1[C@H]([C@H](O)[C@H](O)CO)O[C@@](O[C@H]2[C@@H](O)[C@@H](CO)O[C@@H](O[C@H]3[C@H](O)[C@@H](NC(C)=O)[C@H](O[C@@H]4[C@@H](O)[C@H](O)O[C@H](CO)[C@@H]4O)O[C@@H]3CO[C@@H]3O[C@H](CO)[C@@H](O[C@@H]4O[C@H](CO)[C@H](O)[C@H](O[C@@H]5O[C@H](CO[C@@H]6O[C@H](CO)[C@@H](O)[C@H](O)[C@H]6O)[C@@H](O[C@@H]6O[C@H](CO)[C@H](O)[C@H](O[C@]7(C(=O)O)C[C@H](O)[C@@H](NC(=O)CC)[C@H]([C@H](O)[C@H](O)CO)O7)[C@H]6O)[C@H](O)[C@H]5NC(C)=O)[C@H]4O)[C@H](O)[C@H]3O)[C@@H]2O)(C(=O)O)C[C@@H]1O.